The first-order valence-electron chi connectivity index (χ1n) is 9.95. The number of nitrogens with one attached hydrogen (secondary N) is 1. The maximum atomic E-state index is 6.21. The van der Waals surface area contributed by atoms with Crippen LogP contribution in [0, 0.1) is 0 Å². The van der Waals surface area contributed by atoms with Gasteiger partial charge in [-0.25, -0.2) is 0 Å². The van der Waals surface area contributed by atoms with Crippen molar-refractivity contribution in [1.82, 2.24) is 4.90 Å². The highest BCUT2D eigenvalue weighted by atomic mass is 127. The van der Waals surface area contributed by atoms with Gasteiger partial charge in [-0.3, -0.25) is 9.89 Å². The SMILES string of the molecule is I.NC(=NCC(c1ccc(Cl)cc1)N1CCOCC1)Nc1ccc2c(c1)CCC2. The highest BCUT2D eigenvalue weighted by Crippen LogP contribution is 2.26. The number of nitrogens with zero attached hydrogens (tertiary/aromatic N) is 2. The van der Waals surface area contributed by atoms with Gasteiger partial charge in [0.1, 0.15) is 0 Å². The Hall–Kier alpha value is -1.35. The first-order chi connectivity index (χ1) is 13.7. The number of nitrogens with two attached hydrogens (primary N) is 1. The molecule has 1 heterocycles. The number of aliphatic imine (C=N–C) groups is 1. The molecule has 0 aromatic heterocycles. The lowest BCUT2D eigenvalue weighted by Gasteiger charge is -2.34. The molecule has 0 saturated carbocycles. The van der Waals surface area contributed by atoms with Crippen LogP contribution in [0.4, 0.5) is 5.69 Å². The fourth-order valence-corrected chi connectivity index (χ4v) is 4.15. The summed E-state index contributed by atoms with van der Waals surface area (Å²) in [7, 11) is 0. The molecule has 2 aromatic rings. The molecule has 1 aliphatic carbocycles. The Morgan fingerprint density at radius 2 is 1.83 bits per heavy atom. The van der Waals surface area contributed by atoms with E-state index in [0.717, 1.165) is 43.4 Å². The summed E-state index contributed by atoms with van der Waals surface area (Å²) in [5.74, 6) is 0.449. The number of anilines is 1. The van der Waals surface area contributed by atoms with Gasteiger partial charge in [0.25, 0.3) is 0 Å². The minimum atomic E-state index is 0. The average molecular weight is 527 g/mol. The van der Waals surface area contributed by atoms with Crippen LogP contribution < -0.4 is 11.1 Å². The van der Waals surface area contributed by atoms with Crippen LogP contribution in [0.3, 0.4) is 0 Å². The van der Waals surface area contributed by atoms with Gasteiger partial charge < -0.3 is 15.8 Å². The molecule has 29 heavy (non-hydrogen) atoms. The molecule has 3 N–H and O–H groups in total. The van der Waals surface area contributed by atoms with Gasteiger partial charge >= 0.3 is 0 Å². The molecule has 0 radical (unpaired) electrons. The van der Waals surface area contributed by atoms with E-state index < -0.39 is 0 Å². The molecule has 2 aromatic carbocycles. The number of guanidine groups is 1. The number of morpholine rings is 1. The third-order valence-corrected chi connectivity index (χ3v) is 5.80. The van der Waals surface area contributed by atoms with Crippen LogP contribution in [0.15, 0.2) is 47.5 Å². The van der Waals surface area contributed by atoms with Crippen LogP contribution in [0.25, 0.3) is 0 Å². The van der Waals surface area contributed by atoms with E-state index in [4.69, 9.17) is 22.1 Å². The third-order valence-electron chi connectivity index (χ3n) is 5.55. The molecule has 1 atom stereocenters. The van der Waals surface area contributed by atoms with Crippen molar-refractivity contribution in [2.45, 2.75) is 25.3 Å². The number of benzene rings is 2. The zero-order valence-electron chi connectivity index (χ0n) is 16.4. The van der Waals surface area contributed by atoms with Gasteiger partial charge in [-0.15, -0.1) is 24.0 Å². The zero-order chi connectivity index (χ0) is 19.3. The number of halogens is 2. The number of rotatable bonds is 5. The van der Waals surface area contributed by atoms with E-state index in [9.17, 15) is 0 Å². The van der Waals surface area contributed by atoms with Crippen LogP contribution in [0.1, 0.15) is 29.2 Å². The molecule has 7 heteroatoms. The Morgan fingerprint density at radius 1 is 1.10 bits per heavy atom. The molecule has 4 rings (SSSR count). The van der Waals surface area contributed by atoms with E-state index in [1.54, 1.807) is 0 Å². The zero-order valence-corrected chi connectivity index (χ0v) is 19.5. The largest absolute Gasteiger partial charge is 0.379 e. The predicted molar refractivity (Wildman–Crippen MR) is 131 cm³/mol. The van der Waals surface area contributed by atoms with E-state index >= 15 is 0 Å². The summed E-state index contributed by atoms with van der Waals surface area (Å²) in [6.07, 6.45) is 3.57. The fourth-order valence-electron chi connectivity index (χ4n) is 4.03. The second-order valence-corrected chi connectivity index (χ2v) is 7.84. The summed E-state index contributed by atoms with van der Waals surface area (Å²) in [6, 6.07) is 14.6. The van der Waals surface area contributed by atoms with Crippen molar-refractivity contribution in [3.8, 4) is 0 Å². The lowest BCUT2D eigenvalue weighted by Crippen LogP contribution is -2.40. The monoisotopic (exact) mass is 526 g/mol. The third kappa shape index (κ3) is 5.84. The van der Waals surface area contributed by atoms with E-state index in [-0.39, 0.29) is 30.0 Å². The Labute approximate surface area is 194 Å². The molecule has 0 amide bonds. The predicted octanol–water partition coefficient (Wildman–Crippen LogP) is 4.25. The van der Waals surface area contributed by atoms with Crippen LogP contribution in [-0.4, -0.2) is 43.7 Å². The summed E-state index contributed by atoms with van der Waals surface area (Å²) >= 11 is 6.07. The normalized spacial score (nSPS) is 18.0. The molecule has 0 bridgehead atoms. The minimum absolute atomic E-state index is 0. The van der Waals surface area contributed by atoms with Crippen LogP contribution in [0.2, 0.25) is 5.02 Å². The van der Waals surface area contributed by atoms with Crippen LogP contribution in [-0.2, 0) is 17.6 Å². The molecule has 1 saturated heterocycles. The maximum absolute atomic E-state index is 6.21. The number of hydrogen-bond donors (Lipinski definition) is 2. The summed E-state index contributed by atoms with van der Waals surface area (Å²) in [6.45, 7) is 3.86. The van der Waals surface area contributed by atoms with Gasteiger partial charge in [-0.2, -0.15) is 0 Å². The van der Waals surface area contributed by atoms with E-state index in [2.05, 4.69) is 45.5 Å². The lowest BCUT2D eigenvalue weighted by molar-refractivity contribution is 0.0180. The van der Waals surface area contributed by atoms with Crippen LogP contribution in [0.5, 0.6) is 0 Å². The Kier molecular flexibility index (Phi) is 8.17. The van der Waals surface area contributed by atoms with Gasteiger partial charge in [-0.1, -0.05) is 29.8 Å². The maximum Gasteiger partial charge on any atom is 0.193 e. The average Bonchev–Trinajstić information content (AvgIpc) is 3.18. The van der Waals surface area contributed by atoms with Crippen LogP contribution >= 0.6 is 35.6 Å². The second-order valence-electron chi connectivity index (χ2n) is 7.40. The molecule has 2 aliphatic rings. The first-order valence-corrected chi connectivity index (χ1v) is 10.3. The van der Waals surface area contributed by atoms with Crippen molar-refractivity contribution in [2.75, 3.05) is 38.2 Å². The van der Waals surface area contributed by atoms with Gasteiger partial charge in [0.2, 0.25) is 0 Å². The fraction of sp³-hybridized carbons (Fsp3) is 0.409. The molecule has 1 unspecified atom stereocenters. The van der Waals surface area contributed by atoms with E-state index in [1.165, 1.54) is 29.5 Å². The van der Waals surface area contributed by atoms with E-state index in [0.29, 0.717) is 12.5 Å². The molecule has 1 aliphatic heterocycles. The Bertz CT molecular complexity index is 837. The van der Waals surface area contributed by atoms with Crippen molar-refractivity contribution in [3.63, 3.8) is 0 Å². The number of fused-ring (bicyclic) bond motifs is 1. The highest BCUT2D eigenvalue weighted by molar-refractivity contribution is 14.0. The van der Waals surface area contributed by atoms with Gasteiger partial charge in [-0.05, 0) is 60.2 Å². The van der Waals surface area contributed by atoms with Gasteiger partial charge in [0.05, 0.1) is 25.8 Å². The lowest BCUT2D eigenvalue weighted by atomic mass is 10.0. The van der Waals surface area contributed by atoms with Gasteiger partial charge in [0, 0.05) is 23.8 Å². The molecular weight excluding hydrogens is 499 g/mol. The Balaban J connectivity index is 0.00000240. The summed E-state index contributed by atoms with van der Waals surface area (Å²) in [5.41, 5.74) is 11.3. The number of ether oxygens (including phenoxy) is 1. The minimum Gasteiger partial charge on any atom is -0.379 e. The summed E-state index contributed by atoms with van der Waals surface area (Å²) < 4.78 is 5.51. The standard InChI is InChI=1S/C22H27ClN4O.HI/c23-19-7-4-17(5-8-19)21(27-10-12-28-13-11-27)15-25-22(24)26-20-9-6-16-2-1-3-18(16)14-20;/h4-9,14,21H,1-3,10-13,15H2,(H3,24,25,26);1H. The molecule has 0 spiro atoms. The van der Waals surface area contributed by atoms with Crippen molar-refractivity contribution >= 4 is 47.2 Å². The Morgan fingerprint density at radius 3 is 2.59 bits per heavy atom. The second kappa shape index (κ2) is 10.6. The highest BCUT2D eigenvalue weighted by Gasteiger charge is 2.22. The first kappa shape index (κ1) is 22.3. The van der Waals surface area contributed by atoms with E-state index in [1.807, 2.05) is 12.1 Å². The molecule has 156 valence electrons. The summed E-state index contributed by atoms with van der Waals surface area (Å²) in [5, 5.41) is 4.00. The smallest absolute Gasteiger partial charge is 0.193 e. The van der Waals surface area contributed by atoms with Crippen molar-refractivity contribution in [3.05, 3.63) is 64.2 Å². The topological polar surface area (TPSA) is 62.9 Å². The molecule has 5 nitrogen and oxygen atoms in total. The number of hydrogen-bond acceptors (Lipinski definition) is 3. The molecular formula is C22H28ClIN4O. The van der Waals surface area contributed by atoms with Gasteiger partial charge in [0.15, 0.2) is 5.96 Å². The molecule has 1 fully saturated rings. The van der Waals surface area contributed by atoms with Crippen molar-refractivity contribution < 1.29 is 4.74 Å². The number of aryl methyl sites for hydroxylation is 2. The van der Waals surface area contributed by atoms with Crippen molar-refractivity contribution in [2.24, 2.45) is 10.7 Å². The summed E-state index contributed by atoms with van der Waals surface area (Å²) in [4.78, 5) is 7.06. The quantitative estimate of drug-likeness (QED) is 0.347. The van der Waals surface area contributed by atoms with Crippen molar-refractivity contribution in [1.29, 1.82) is 0 Å².